The minimum atomic E-state index is -0.556. The molecule has 1 atom stereocenters. The van der Waals surface area contributed by atoms with Crippen molar-refractivity contribution in [3.63, 3.8) is 0 Å². The van der Waals surface area contributed by atoms with Crippen LogP contribution in [-0.4, -0.2) is 11.1 Å². The number of aliphatic carboxylic acids is 1. The van der Waals surface area contributed by atoms with Gasteiger partial charge in [0.25, 0.3) is 0 Å². The Hall–Kier alpha value is -0.530. The molecule has 0 amide bonds. The lowest BCUT2D eigenvalue weighted by atomic mass is 9.94. The van der Waals surface area contributed by atoms with Crippen LogP contribution in [0.5, 0.6) is 0 Å². The van der Waals surface area contributed by atoms with E-state index in [1.165, 1.54) is 193 Å². The molecule has 0 spiro atoms. The molecule has 40 heavy (non-hydrogen) atoms. The topological polar surface area (TPSA) is 37.3 Å². The second kappa shape index (κ2) is 34.7. The highest BCUT2D eigenvalue weighted by atomic mass is 16.4. The largest absolute Gasteiger partial charge is 0.481 e. The van der Waals surface area contributed by atoms with Crippen molar-refractivity contribution in [1.82, 2.24) is 0 Å². The Morgan fingerprint density at radius 3 is 0.700 bits per heavy atom. The van der Waals surface area contributed by atoms with Gasteiger partial charge in [-0.3, -0.25) is 4.79 Å². The zero-order valence-corrected chi connectivity index (χ0v) is 28.0. The normalized spacial score (nSPS) is 12.2. The maximum absolute atomic E-state index is 11.6. The summed E-state index contributed by atoms with van der Waals surface area (Å²) in [5.74, 6) is -0.654. The van der Waals surface area contributed by atoms with E-state index in [4.69, 9.17) is 0 Å². The van der Waals surface area contributed by atoms with Gasteiger partial charge >= 0.3 is 5.97 Å². The van der Waals surface area contributed by atoms with Crippen LogP contribution in [0, 0.1) is 5.92 Å². The third-order valence-corrected chi connectivity index (χ3v) is 9.16. The minimum absolute atomic E-state index is 0.0980. The molecule has 240 valence electrons. The Morgan fingerprint density at radius 2 is 0.525 bits per heavy atom. The second-order valence-corrected chi connectivity index (χ2v) is 13.2. The molecule has 0 heterocycles. The van der Waals surface area contributed by atoms with Crippen molar-refractivity contribution in [1.29, 1.82) is 0 Å². The van der Waals surface area contributed by atoms with Crippen molar-refractivity contribution in [3.8, 4) is 0 Å². The van der Waals surface area contributed by atoms with E-state index in [0.717, 1.165) is 25.7 Å². The summed E-state index contributed by atoms with van der Waals surface area (Å²) in [6.07, 6.45) is 45.9. The molecule has 0 aliphatic heterocycles. The van der Waals surface area contributed by atoms with Crippen molar-refractivity contribution in [3.05, 3.63) is 0 Å². The molecule has 0 aromatic carbocycles. The highest BCUT2D eigenvalue weighted by Crippen LogP contribution is 2.20. The molecular formula is C38H76O2. The fourth-order valence-corrected chi connectivity index (χ4v) is 6.27. The van der Waals surface area contributed by atoms with E-state index < -0.39 is 5.97 Å². The van der Waals surface area contributed by atoms with Gasteiger partial charge in [-0.15, -0.1) is 0 Å². The number of hydrogen-bond donors (Lipinski definition) is 1. The quantitative estimate of drug-likeness (QED) is 0.0777. The first-order chi connectivity index (χ1) is 19.7. The standard InChI is InChI=1S/C38H76O2/c1-3-5-7-9-11-13-15-16-17-18-19-20-21-22-23-24-25-26-28-30-32-34-36-37(38(39)40)35-33-31-29-27-14-12-10-8-6-4-2/h37H,3-36H2,1-2H3,(H,39,40). The Bertz CT molecular complexity index is 474. The van der Waals surface area contributed by atoms with Crippen molar-refractivity contribution in [2.24, 2.45) is 5.92 Å². The molecule has 0 fully saturated rings. The zero-order chi connectivity index (χ0) is 29.2. The van der Waals surface area contributed by atoms with Gasteiger partial charge in [0, 0.05) is 0 Å². The summed E-state index contributed by atoms with van der Waals surface area (Å²) in [7, 11) is 0. The fourth-order valence-electron chi connectivity index (χ4n) is 6.27. The Labute approximate surface area is 253 Å². The highest BCUT2D eigenvalue weighted by Gasteiger charge is 2.16. The van der Waals surface area contributed by atoms with E-state index in [-0.39, 0.29) is 5.92 Å². The molecule has 0 aromatic heterocycles. The zero-order valence-electron chi connectivity index (χ0n) is 28.0. The Kier molecular flexibility index (Phi) is 34.2. The van der Waals surface area contributed by atoms with E-state index in [0.29, 0.717) is 0 Å². The average molecular weight is 565 g/mol. The van der Waals surface area contributed by atoms with E-state index in [9.17, 15) is 9.90 Å². The van der Waals surface area contributed by atoms with Crippen LogP contribution in [0.3, 0.4) is 0 Å². The van der Waals surface area contributed by atoms with Crippen LogP contribution in [0.1, 0.15) is 232 Å². The van der Waals surface area contributed by atoms with Gasteiger partial charge in [0.15, 0.2) is 0 Å². The molecule has 0 aliphatic carbocycles. The number of unbranched alkanes of at least 4 members (excludes halogenated alkanes) is 30. The summed E-state index contributed by atoms with van der Waals surface area (Å²) in [6, 6.07) is 0. The van der Waals surface area contributed by atoms with Gasteiger partial charge in [0.1, 0.15) is 0 Å². The number of hydrogen-bond acceptors (Lipinski definition) is 1. The molecule has 0 bridgehead atoms. The Balaban J connectivity index is 3.32. The van der Waals surface area contributed by atoms with Crippen molar-refractivity contribution < 1.29 is 9.90 Å². The number of carboxylic acid groups (broad SMARTS) is 1. The third kappa shape index (κ3) is 32.0. The molecule has 0 aliphatic rings. The van der Waals surface area contributed by atoms with Gasteiger partial charge in [-0.2, -0.15) is 0 Å². The molecule has 2 nitrogen and oxygen atoms in total. The first-order valence-corrected chi connectivity index (χ1v) is 18.9. The molecule has 1 unspecified atom stereocenters. The first kappa shape index (κ1) is 39.5. The summed E-state index contributed by atoms with van der Waals surface area (Å²) < 4.78 is 0. The lowest BCUT2D eigenvalue weighted by molar-refractivity contribution is -0.142. The number of rotatable bonds is 35. The van der Waals surface area contributed by atoms with Gasteiger partial charge in [0.2, 0.25) is 0 Å². The minimum Gasteiger partial charge on any atom is -0.481 e. The van der Waals surface area contributed by atoms with Gasteiger partial charge < -0.3 is 5.11 Å². The predicted molar refractivity (Wildman–Crippen MR) is 179 cm³/mol. The highest BCUT2D eigenvalue weighted by molar-refractivity contribution is 5.69. The van der Waals surface area contributed by atoms with Crippen LogP contribution < -0.4 is 0 Å². The maximum atomic E-state index is 11.6. The van der Waals surface area contributed by atoms with Crippen LogP contribution in [0.25, 0.3) is 0 Å². The van der Waals surface area contributed by atoms with Crippen molar-refractivity contribution in [2.45, 2.75) is 232 Å². The summed E-state index contributed by atoms with van der Waals surface area (Å²) in [4.78, 5) is 11.6. The summed E-state index contributed by atoms with van der Waals surface area (Å²) >= 11 is 0. The van der Waals surface area contributed by atoms with E-state index in [2.05, 4.69) is 13.8 Å². The van der Waals surface area contributed by atoms with Gasteiger partial charge in [0.05, 0.1) is 5.92 Å². The number of carbonyl (C=O) groups is 1. The van der Waals surface area contributed by atoms with Crippen LogP contribution in [-0.2, 0) is 4.79 Å². The van der Waals surface area contributed by atoms with E-state index in [1.807, 2.05) is 0 Å². The van der Waals surface area contributed by atoms with Crippen molar-refractivity contribution in [2.75, 3.05) is 0 Å². The number of carboxylic acids is 1. The molecule has 0 rings (SSSR count). The van der Waals surface area contributed by atoms with Crippen LogP contribution >= 0.6 is 0 Å². The summed E-state index contributed by atoms with van der Waals surface area (Å²) in [5.41, 5.74) is 0. The SMILES string of the molecule is CCCCCCCCCCCCCCCCCCCCCCCCC(CCCCCCCCCCCC)C(=O)O. The fraction of sp³-hybridized carbons (Fsp3) is 0.974. The van der Waals surface area contributed by atoms with Gasteiger partial charge in [-0.1, -0.05) is 219 Å². The predicted octanol–water partition coefficient (Wildman–Crippen LogP) is 14.0. The van der Waals surface area contributed by atoms with Crippen molar-refractivity contribution >= 4 is 5.97 Å². The second-order valence-electron chi connectivity index (χ2n) is 13.2. The van der Waals surface area contributed by atoms with Gasteiger partial charge in [-0.05, 0) is 12.8 Å². The van der Waals surface area contributed by atoms with E-state index >= 15 is 0 Å². The summed E-state index contributed by atoms with van der Waals surface area (Å²) in [6.45, 7) is 4.57. The van der Waals surface area contributed by atoms with Gasteiger partial charge in [-0.25, -0.2) is 0 Å². The lowest BCUT2D eigenvalue weighted by Crippen LogP contribution is -2.13. The first-order valence-electron chi connectivity index (χ1n) is 18.9. The smallest absolute Gasteiger partial charge is 0.306 e. The average Bonchev–Trinajstić information content (AvgIpc) is 2.95. The Morgan fingerprint density at radius 1 is 0.350 bits per heavy atom. The molecule has 2 heteroatoms. The maximum Gasteiger partial charge on any atom is 0.306 e. The van der Waals surface area contributed by atoms with E-state index in [1.54, 1.807) is 0 Å². The van der Waals surface area contributed by atoms with Crippen LogP contribution in [0.4, 0.5) is 0 Å². The lowest BCUT2D eigenvalue weighted by Gasteiger charge is -2.12. The third-order valence-electron chi connectivity index (χ3n) is 9.16. The van der Waals surface area contributed by atoms with Crippen LogP contribution in [0.2, 0.25) is 0 Å². The molecule has 0 saturated carbocycles. The van der Waals surface area contributed by atoms with Crippen LogP contribution in [0.15, 0.2) is 0 Å². The molecule has 1 N–H and O–H groups in total. The monoisotopic (exact) mass is 565 g/mol. The summed E-state index contributed by atoms with van der Waals surface area (Å²) in [5, 5.41) is 9.59. The molecule has 0 aromatic rings. The molecule has 0 saturated heterocycles. The molecule has 0 radical (unpaired) electrons. The molecular weight excluding hydrogens is 488 g/mol.